The third-order valence-corrected chi connectivity index (χ3v) is 2.56. The van der Waals surface area contributed by atoms with Crippen LogP contribution >= 0.6 is 11.6 Å². The Hall–Kier alpha value is -2.01. The second-order valence-electron chi connectivity index (χ2n) is 3.27. The molecule has 2 rings (SSSR count). The van der Waals surface area contributed by atoms with Crippen LogP contribution in [-0.2, 0) is 0 Å². The fourth-order valence-electron chi connectivity index (χ4n) is 1.42. The fraction of sp³-hybridized carbons (Fsp3) is 0.0909. The van der Waals surface area contributed by atoms with Crippen LogP contribution in [0.2, 0.25) is 5.02 Å². The van der Waals surface area contributed by atoms with Crippen molar-refractivity contribution in [1.82, 2.24) is 0 Å². The first-order chi connectivity index (χ1) is 8.02. The van der Waals surface area contributed by atoms with Gasteiger partial charge in [-0.3, -0.25) is 0 Å². The van der Waals surface area contributed by atoms with E-state index in [9.17, 15) is 9.59 Å². The summed E-state index contributed by atoms with van der Waals surface area (Å²) in [5.41, 5.74) is -1.19. The number of hydrogen-bond donors (Lipinski definition) is 1. The third-order valence-electron chi connectivity index (χ3n) is 2.24. The SMILES string of the molecule is COc1cc(Cl)c2cc(C(=O)O)c(=O)oc2c1. The van der Waals surface area contributed by atoms with Crippen LogP contribution in [0.1, 0.15) is 10.4 Å². The van der Waals surface area contributed by atoms with Crippen molar-refractivity contribution in [3.8, 4) is 5.75 Å². The Labute approximate surface area is 100 Å². The number of hydrogen-bond acceptors (Lipinski definition) is 4. The average molecular weight is 255 g/mol. The monoisotopic (exact) mass is 254 g/mol. The highest BCUT2D eigenvalue weighted by Gasteiger charge is 2.14. The molecule has 0 fully saturated rings. The summed E-state index contributed by atoms with van der Waals surface area (Å²) in [6.45, 7) is 0. The third kappa shape index (κ3) is 1.97. The van der Waals surface area contributed by atoms with E-state index in [0.29, 0.717) is 11.1 Å². The number of aromatic carboxylic acids is 1. The molecule has 2 aromatic rings. The Kier molecular flexibility index (Phi) is 2.77. The second kappa shape index (κ2) is 4.10. The van der Waals surface area contributed by atoms with Gasteiger partial charge in [0.2, 0.25) is 0 Å². The fourth-order valence-corrected chi connectivity index (χ4v) is 1.67. The predicted octanol–water partition coefficient (Wildman–Crippen LogP) is 2.15. The van der Waals surface area contributed by atoms with Gasteiger partial charge in [-0.05, 0) is 12.1 Å². The highest BCUT2D eigenvalue weighted by atomic mass is 35.5. The van der Waals surface area contributed by atoms with Crippen molar-refractivity contribution in [1.29, 1.82) is 0 Å². The van der Waals surface area contributed by atoms with E-state index in [-0.39, 0.29) is 10.6 Å². The number of halogens is 1. The highest BCUT2D eigenvalue weighted by Crippen LogP contribution is 2.28. The lowest BCUT2D eigenvalue weighted by Gasteiger charge is -2.04. The van der Waals surface area contributed by atoms with Gasteiger partial charge in [0.1, 0.15) is 16.9 Å². The lowest BCUT2D eigenvalue weighted by atomic mass is 10.2. The van der Waals surface area contributed by atoms with Crippen molar-refractivity contribution in [2.45, 2.75) is 0 Å². The summed E-state index contributed by atoms with van der Waals surface area (Å²) in [5, 5.41) is 9.40. The van der Waals surface area contributed by atoms with E-state index in [0.717, 1.165) is 0 Å². The Morgan fingerprint density at radius 2 is 2.12 bits per heavy atom. The number of carboxylic acids is 1. The van der Waals surface area contributed by atoms with E-state index < -0.39 is 17.2 Å². The zero-order chi connectivity index (χ0) is 12.6. The Morgan fingerprint density at radius 1 is 1.41 bits per heavy atom. The number of carboxylic acid groups (broad SMARTS) is 1. The number of carbonyl (C=O) groups is 1. The number of rotatable bonds is 2. The summed E-state index contributed by atoms with van der Waals surface area (Å²) >= 11 is 5.93. The molecule has 1 aromatic carbocycles. The maximum atomic E-state index is 11.4. The normalized spacial score (nSPS) is 10.5. The van der Waals surface area contributed by atoms with Gasteiger partial charge in [0.15, 0.2) is 0 Å². The maximum Gasteiger partial charge on any atom is 0.351 e. The lowest BCUT2D eigenvalue weighted by molar-refractivity contribution is 0.0692. The van der Waals surface area contributed by atoms with Gasteiger partial charge in [-0.15, -0.1) is 0 Å². The van der Waals surface area contributed by atoms with Crippen LogP contribution in [0.5, 0.6) is 5.75 Å². The van der Waals surface area contributed by atoms with Crippen LogP contribution in [0.4, 0.5) is 0 Å². The van der Waals surface area contributed by atoms with Gasteiger partial charge in [0, 0.05) is 11.5 Å². The van der Waals surface area contributed by atoms with Gasteiger partial charge in [0.05, 0.1) is 12.1 Å². The van der Waals surface area contributed by atoms with Gasteiger partial charge >= 0.3 is 11.6 Å². The molecule has 0 aliphatic carbocycles. The molecular weight excluding hydrogens is 248 g/mol. The number of fused-ring (bicyclic) bond motifs is 1. The largest absolute Gasteiger partial charge is 0.497 e. The molecule has 0 unspecified atom stereocenters. The molecule has 0 spiro atoms. The van der Waals surface area contributed by atoms with E-state index in [1.165, 1.54) is 25.3 Å². The molecule has 0 amide bonds. The minimum absolute atomic E-state index is 0.185. The molecule has 0 atom stereocenters. The molecule has 17 heavy (non-hydrogen) atoms. The van der Waals surface area contributed by atoms with Gasteiger partial charge < -0.3 is 14.3 Å². The molecule has 0 radical (unpaired) electrons. The lowest BCUT2D eigenvalue weighted by Crippen LogP contribution is -2.12. The first kappa shape index (κ1) is 11.5. The Balaban J connectivity index is 2.83. The van der Waals surface area contributed by atoms with Crippen LogP contribution in [0, 0.1) is 0 Å². The predicted molar refractivity (Wildman–Crippen MR) is 61.0 cm³/mol. The van der Waals surface area contributed by atoms with Crippen LogP contribution in [0.25, 0.3) is 11.0 Å². The summed E-state index contributed by atoms with van der Waals surface area (Å²) < 4.78 is 9.83. The molecule has 0 aliphatic heterocycles. The van der Waals surface area contributed by atoms with E-state index in [1.54, 1.807) is 0 Å². The van der Waals surface area contributed by atoms with Gasteiger partial charge in [0.25, 0.3) is 0 Å². The van der Waals surface area contributed by atoms with Crippen LogP contribution in [0.3, 0.4) is 0 Å². The summed E-state index contributed by atoms with van der Waals surface area (Å²) in [7, 11) is 1.45. The Morgan fingerprint density at radius 3 is 2.71 bits per heavy atom. The Bertz CT molecular complexity index is 659. The van der Waals surface area contributed by atoms with E-state index in [2.05, 4.69) is 0 Å². The minimum Gasteiger partial charge on any atom is -0.497 e. The van der Waals surface area contributed by atoms with E-state index >= 15 is 0 Å². The van der Waals surface area contributed by atoms with Crippen LogP contribution < -0.4 is 10.4 Å². The highest BCUT2D eigenvalue weighted by molar-refractivity contribution is 6.35. The summed E-state index contributed by atoms with van der Waals surface area (Å²) in [4.78, 5) is 22.1. The van der Waals surface area contributed by atoms with Crippen LogP contribution in [-0.4, -0.2) is 18.2 Å². The molecule has 6 heteroatoms. The zero-order valence-electron chi connectivity index (χ0n) is 8.69. The van der Waals surface area contributed by atoms with Gasteiger partial charge in [-0.2, -0.15) is 0 Å². The van der Waals surface area contributed by atoms with Crippen molar-refractivity contribution < 1.29 is 19.1 Å². The van der Waals surface area contributed by atoms with Crippen molar-refractivity contribution in [2.24, 2.45) is 0 Å². The summed E-state index contributed by atoms with van der Waals surface area (Å²) in [5.74, 6) is -0.929. The molecule has 1 N–H and O–H groups in total. The smallest absolute Gasteiger partial charge is 0.351 e. The molecule has 0 aliphatic rings. The quantitative estimate of drug-likeness (QED) is 0.831. The standard InChI is InChI=1S/C11H7ClO5/c1-16-5-2-8(12)6-4-7(10(13)14)11(15)17-9(6)3-5/h2-4H,1H3,(H,13,14). The van der Waals surface area contributed by atoms with Crippen LogP contribution in [0.15, 0.2) is 27.4 Å². The van der Waals surface area contributed by atoms with E-state index in [4.69, 9.17) is 25.9 Å². The number of methoxy groups -OCH3 is 1. The molecule has 0 bridgehead atoms. The topological polar surface area (TPSA) is 76.7 Å². The molecule has 0 saturated carbocycles. The summed E-state index contributed by atoms with van der Waals surface area (Å²) in [6.07, 6.45) is 0. The maximum absolute atomic E-state index is 11.4. The first-order valence-electron chi connectivity index (χ1n) is 4.57. The number of benzene rings is 1. The van der Waals surface area contributed by atoms with Crippen molar-refractivity contribution in [3.05, 3.63) is 39.2 Å². The molecule has 5 nitrogen and oxygen atoms in total. The van der Waals surface area contributed by atoms with Crippen molar-refractivity contribution >= 4 is 28.5 Å². The summed E-state index contributed by atoms with van der Waals surface area (Å²) in [6, 6.07) is 4.16. The molecule has 1 heterocycles. The number of ether oxygens (including phenoxy) is 1. The molecule has 1 aromatic heterocycles. The average Bonchev–Trinajstić information content (AvgIpc) is 2.27. The minimum atomic E-state index is -1.35. The van der Waals surface area contributed by atoms with Crippen molar-refractivity contribution in [3.63, 3.8) is 0 Å². The van der Waals surface area contributed by atoms with Gasteiger partial charge in [-0.1, -0.05) is 11.6 Å². The van der Waals surface area contributed by atoms with E-state index in [1.807, 2.05) is 0 Å². The second-order valence-corrected chi connectivity index (χ2v) is 3.68. The zero-order valence-corrected chi connectivity index (χ0v) is 9.45. The van der Waals surface area contributed by atoms with Gasteiger partial charge in [-0.25, -0.2) is 9.59 Å². The molecule has 88 valence electrons. The molecular formula is C11H7ClO5. The van der Waals surface area contributed by atoms with Crippen molar-refractivity contribution in [2.75, 3.05) is 7.11 Å². The first-order valence-corrected chi connectivity index (χ1v) is 4.95. The molecule has 0 saturated heterocycles.